The van der Waals surface area contributed by atoms with E-state index in [-0.39, 0.29) is 5.69 Å². The van der Waals surface area contributed by atoms with Crippen LogP contribution in [-0.2, 0) is 0 Å². The number of para-hydroxylation sites is 1. The summed E-state index contributed by atoms with van der Waals surface area (Å²) in [7, 11) is 0. The number of hydrogen-bond donors (Lipinski definition) is 0. The number of nitrogens with zero attached hydrogens (tertiary/aromatic N) is 4. The number of nitriles is 1. The molecule has 6 heteroatoms. The second-order valence-corrected chi connectivity index (χ2v) is 5.81. The highest BCUT2D eigenvalue weighted by molar-refractivity contribution is 5.90. The van der Waals surface area contributed by atoms with Gasteiger partial charge in [0.15, 0.2) is 0 Å². The Labute approximate surface area is 150 Å². The van der Waals surface area contributed by atoms with E-state index >= 15 is 0 Å². The molecule has 128 valence electrons. The molecule has 0 saturated heterocycles. The van der Waals surface area contributed by atoms with Gasteiger partial charge in [-0.2, -0.15) is 10.4 Å². The van der Waals surface area contributed by atoms with Crippen molar-refractivity contribution in [2.45, 2.75) is 13.8 Å². The first-order valence-corrected chi connectivity index (χ1v) is 7.99. The van der Waals surface area contributed by atoms with Crippen molar-refractivity contribution in [3.05, 3.63) is 87.2 Å². The molecule has 6 nitrogen and oxygen atoms in total. The van der Waals surface area contributed by atoms with Gasteiger partial charge in [-0.15, -0.1) is 0 Å². The van der Waals surface area contributed by atoms with Crippen LogP contribution in [0, 0.1) is 35.3 Å². The van der Waals surface area contributed by atoms with Gasteiger partial charge in [-0.1, -0.05) is 18.2 Å². The maximum atomic E-state index is 10.8. The standard InChI is InChI=1S/C20H16N4O2/c1-14-20(15(2)23(22-14)18-6-4-3-5-7-18)12-17(13-21)16-8-10-19(11-9-16)24(25)26/h3-12H,1-2H3/b17-12+. The molecule has 0 spiro atoms. The van der Waals surface area contributed by atoms with Crippen LogP contribution in [0.3, 0.4) is 0 Å². The van der Waals surface area contributed by atoms with E-state index in [1.807, 2.05) is 48.9 Å². The SMILES string of the molecule is Cc1nn(-c2ccccc2)c(C)c1/C=C(\C#N)c1ccc([N+](=O)[O-])cc1. The summed E-state index contributed by atoms with van der Waals surface area (Å²) in [4.78, 5) is 10.3. The molecule has 0 unspecified atom stereocenters. The Kier molecular flexibility index (Phi) is 4.63. The van der Waals surface area contributed by atoms with Gasteiger partial charge in [-0.25, -0.2) is 4.68 Å². The minimum atomic E-state index is -0.461. The number of nitro benzene ring substituents is 1. The van der Waals surface area contributed by atoms with Crippen LogP contribution < -0.4 is 0 Å². The van der Waals surface area contributed by atoms with Gasteiger partial charge in [0.05, 0.1) is 27.9 Å². The molecule has 0 aliphatic carbocycles. The summed E-state index contributed by atoms with van der Waals surface area (Å²) >= 11 is 0. The molecule has 0 amide bonds. The molecule has 0 fully saturated rings. The number of rotatable bonds is 4. The minimum absolute atomic E-state index is 0.00435. The molecule has 0 atom stereocenters. The van der Waals surface area contributed by atoms with Crippen LogP contribution in [0.1, 0.15) is 22.5 Å². The number of hydrogen-bond acceptors (Lipinski definition) is 4. The smallest absolute Gasteiger partial charge is 0.258 e. The Morgan fingerprint density at radius 1 is 1.15 bits per heavy atom. The third-order valence-electron chi connectivity index (χ3n) is 4.15. The molecule has 1 heterocycles. The maximum Gasteiger partial charge on any atom is 0.269 e. The van der Waals surface area contributed by atoms with E-state index in [1.165, 1.54) is 12.1 Å². The molecule has 0 N–H and O–H groups in total. The summed E-state index contributed by atoms with van der Waals surface area (Å²) in [6.45, 7) is 3.84. The first kappa shape index (κ1) is 17.1. The van der Waals surface area contributed by atoms with Crippen molar-refractivity contribution in [3.8, 4) is 11.8 Å². The van der Waals surface area contributed by atoms with Crippen LogP contribution in [0.5, 0.6) is 0 Å². The normalized spacial score (nSPS) is 11.2. The monoisotopic (exact) mass is 344 g/mol. The van der Waals surface area contributed by atoms with Gasteiger partial charge in [0.1, 0.15) is 0 Å². The third kappa shape index (κ3) is 3.23. The maximum absolute atomic E-state index is 10.8. The van der Waals surface area contributed by atoms with Crippen molar-refractivity contribution in [1.29, 1.82) is 5.26 Å². The van der Waals surface area contributed by atoms with Gasteiger partial charge in [-0.05, 0) is 49.8 Å². The lowest BCUT2D eigenvalue weighted by Gasteiger charge is -2.04. The second-order valence-electron chi connectivity index (χ2n) is 5.81. The topological polar surface area (TPSA) is 84.8 Å². The van der Waals surface area contributed by atoms with Crippen LogP contribution in [0.25, 0.3) is 17.3 Å². The highest BCUT2D eigenvalue weighted by Crippen LogP contribution is 2.25. The number of non-ortho nitro benzene ring substituents is 1. The summed E-state index contributed by atoms with van der Waals surface area (Å²) in [5.41, 5.74) is 4.59. The first-order valence-electron chi connectivity index (χ1n) is 7.99. The van der Waals surface area contributed by atoms with Gasteiger partial charge in [0.2, 0.25) is 0 Å². The molecule has 0 saturated carbocycles. The number of nitro groups is 1. The largest absolute Gasteiger partial charge is 0.269 e. The van der Waals surface area contributed by atoms with Crippen LogP contribution >= 0.6 is 0 Å². The molecule has 3 aromatic rings. The van der Waals surface area contributed by atoms with E-state index in [0.29, 0.717) is 11.1 Å². The lowest BCUT2D eigenvalue weighted by molar-refractivity contribution is -0.384. The Bertz CT molecular complexity index is 1030. The molecular weight excluding hydrogens is 328 g/mol. The molecular formula is C20H16N4O2. The Morgan fingerprint density at radius 2 is 1.81 bits per heavy atom. The van der Waals surface area contributed by atoms with Gasteiger partial charge in [-0.3, -0.25) is 10.1 Å². The third-order valence-corrected chi connectivity index (χ3v) is 4.15. The fourth-order valence-electron chi connectivity index (χ4n) is 2.77. The fraction of sp³-hybridized carbons (Fsp3) is 0.100. The van der Waals surface area contributed by atoms with Crippen LogP contribution in [0.4, 0.5) is 5.69 Å². The minimum Gasteiger partial charge on any atom is -0.258 e. The van der Waals surface area contributed by atoms with E-state index in [9.17, 15) is 15.4 Å². The van der Waals surface area contributed by atoms with E-state index in [4.69, 9.17) is 0 Å². The lowest BCUT2D eigenvalue weighted by Crippen LogP contribution is -1.98. The van der Waals surface area contributed by atoms with Gasteiger partial charge in [0, 0.05) is 23.4 Å². The summed E-state index contributed by atoms with van der Waals surface area (Å²) in [5.74, 6) is 0. The predicted octanol–water partition coefficient (Wildman–Crippen LogP) is 4.46. The average molecular weight is 344 g/mol. The molecule has 0 bridgehead atoms. The highest BCUT2D eigenvalue weighted by Gasteiger charge is 2.13. The van der Waals surface area contributed by atoms with Crippen molar-refractivity contribution in [3.63, 3.8) is 0 Å². The highest BCUT2D eigenvalue weighted by atomic mass is 16.6. The van der Waals surface area contributed by atoms with E-state index in [1.54, 1.807) is 18.2 Å². The molecule has 0 aliphatic heterocycles. The molecule has 0 aliphatic rings. The summed E-state index contributed by atoms with van der Waals surface area (Å²) in [5, 5.41) is 24.9. The van der Waals surface area contributed by atoms with Gasteiger partial charge < -0.3 is 0 Å². The van der Waals surface area contributed by atoms with E-state index < -0.39 is 4.92 Å². The average Bonchev–Trinajstić information content (AvgIpc) is 2.94. The quantitative estimate of drug-likeness (QED) is 0.397. The van der Waals surface area contributed by atoms with Crippen molar-refractivity contribution in [1.82, 2.24) is 9.78 Å². The summed E-state index contributed by atoms with van der Waals surface area (Å²) < 4.78 is 1.84. The number of allylic oxidation sites excluding steroid dienone is 1. The van der Waals surface area contributed by atoms with E-state index in [2.05, 4.69) is 11.2 Å². The van der Waals surface area contributed by atoms with Crippen LogP contribution in [0.2, 0.25) is 0 Å². The Morgan fingerprint density at radius 3 is 2.38 bits per heavy atom. The molecule has 2 aromatic carbocycles. The fourth-order valence-corrected chi connectivity index (χ4v) is 2.77. The lowest BCUT2D eigenvalue weighted by atomic mass is 10.0. The molecule has 0 radical (unpaired) electrons. The van der Waals surface area contributed by atoms with Crippen LogP contribution in [0.15, 0.2) is 54.6 Å². The van der Waals surface area contributed by atoms with Gasteiger partial charge in [0.25, 0.3) is 5.69 Å². The zero-order chi connectivity index (χ0) is 18.7. The summed E-state index contributed by atoms with van der Waals surface area (Å²) in [6, 6.07) is 17.9. The zero-order valence-corrected chi connectivity index (χ0v) is 14.4. The number of aryl methyl sites for hydroxylation is 1. The second kappa shape index (κ2) is 7.03. The van der Waals surface area contributed by atoms with E-state index in [0.717, 1.165) is 22.6 Å². The molecule has 1 aromatic heterocycles. The number of aromatic nitrogens is 2. The van der Waals surface area contributed by atoms with Crippen molar-refractivity contribution >= 4 is 17.3 Å². The Hall–Kier alpha value is -3.72. The Balaban J connectivity index is 2.04. The first-order chi connectivity index (χ1) is 12.5. The van der Waals surface area contributed by atoms with Crippen molar-refractivity contribution < 1.29 is 4.92 Å². The van der Waals surface area contributed by atoms with Crippen molar-refractivity contribution in [2.24, 2.45) is 0 Å². The molecule has 3 rings (SSSR count). The van der Waals surface area contributed by atoms with Crippen LogP contribution in [-0.4, -0.2) is 14.7 Å². The zero-order valence-electron chi connectivity index (χ0n) is 14.4. The van der Waals surface area contributed by atoms with Gasteiger partial charge >= 0.3 is 0 Å². The number of benzene rings is 2. The molecule has 26 heavy (non-hydrogen) atoms. The predicted molar refractivity (Wildman–Crippen MR) is 99.6 cm³/mol. The summed E-state index contributed by atoms with van der Waals surface area (Å²) in [6.07, 6.45) is 1.78. The van der Waals surface area contributed by atoms with Crippen molar-refractivity contribution in [2.75, 3.05) is 0 Å².